The molecule has 0 aliphatic rings. The maximum Gasteiger partial charge on any atom is -0.0229 e. The first kappa shape index (κ1) is 13.0. The van der Waals surface area contributed by atoms with E-state index in [1.165, 1.54) is 6.42 Å². The molecule has 0 rings (SSSR count). The summed E-state index contributed by atoms with van der Waals surface area (Å²) in [5.74, 6) is 1.50. The molecule has 0 N–H and O–H groups in total. The molecule has 0 fully saturated rings. The highest BCUT2D eigenvalue weighted by Crippen LogP contribution is 2.51. The average molecular weight is 184 g/mol. The fourth-order valence-electron chi connectivity index (χ4n) is 2.61. The first-order valence-electron chi connectivity index (χ1n) is 5.70. The Labute approximate surface area is 85.1 Å². The summed E-state index contributed by atoms with van der Waals surface area (Å²) in [7, 11) is 0. The van der Waals surface area contributed by atoms with Gasteiger partial charge in [-0.15, -0.1) is 0 Å². The zero-order valence-corrected chi connectivity index (χ0v) is 10.9. The normalized spacial score (nSPS) is 14.3. The summed E-state index contributed by atoms with van der Waals surface area (Å²) in [4.78, 5) is 0. The van der Waals surface area contributed by atoms with Crippen molar-refractivity contribution in [3.63, 3.8) is 0 Å². The lowest BCUT2D eigenvalue weighted by Gasteiger charge is -2.50. The van der Waals surface area contributed by atoms with Crippen LogP contribution in [0.1, 0.15) is 61.8 Å². The van der Waals surface area contributed by atoms with E-state index in [1.54, 1.807) is 0 Å². The molecule has 0 aromatic heterocycles. The molecule has 0 amide bonds. The van der Waals surface area contributed by atoms with Crippen molar-refractivity contribution in [2.24, 2.45) is 22.7 Å². The molecule has 0 spiro atoms. The van der Waals surface area contributed by atoms with Gasteiger partial charge in [0.05, 0.1) is 0 Å². The van der Waals surface area contributed by atoms with Crippen LogP contribution in [-0.2, 0) is 0 Å². The fourth-order valence-corrected chi connectivity index (χ4v) is 2.61. The standard InChI is InChI=1S/C13H28/c1-9-12(6,7)13(8,10(2)3)11(4)5/h10-11H,9H2,1-8H3. The smallest absolute Gasteiger partial charge is 0.0229 e. The Morgan fingerprint density at radius 1 is 0.846 bits per heavy atom. The molecule has 0 heterocycles. The maximum atomic E-state index is 2.45. The van der Waals surface area contributed by atoms with E-state index >= 15 is 0 Å². The van der Waals surface area contributed by atoms with Crippen LogP contribution >= 0.6 is 0 Å². The summed E-state index contributed by atoms with van der Waals surface area (Å²) in [6.07, 6.45) is 1.26. The molecule has 0 atom stereocenters. The number of rotatable bonds is 4. The van der Waals surface area contributed by atoms with Crippen LogP contribution in [-0.4, -0.2) is 0 Å². The van der Waals surface area contributed by atoms with E-state index in [0.29, 0.717) is 10.8 Å². The van der Waals surface area contributed by atoms with Crippen molar-refractivity contribution in [2.45, 2.75) is 61.8 Å². The monoisotopic (exact) mass is 184 g/mol. The second-order valence-electron chi connectivity index (χ2n) is 5.83. The minimum atomic E-state index is 0.440. The first-order valence-corrected chi connectivity index (χ1v) is 5.70. The van der Waals surface area contributed by atoms with Gasteiger partial charge in [-0.3, -0.25) is 0 Å². The summed E-state index contributed by atoms with van der Waals surface area (Å²) in [5, 5.41) is 0. The Balaban J connectivity index is 5.01. The van der Waals surface area contributed by atoms with E-state index in [1.807, 2.05) is 0 Å². The first-order chi connectivity index (χ1) is 5.70. The molecule has 0 aromatic carbocycles. The van der Waals surface area contributed by atoms with E-state index in [0.717, 1.165) is 11.8 Å². The van der Waals surface area contributed by atoms with E-state index < -0.39 is 0 Å². The molecule has 0 aromatic rings. The zero-order valence-electron chi connectivity index (χ0n) is 10.9. The van der Waals surface area contributed by atoms with Crippen molar-refractivity contribution in [1.29, 1.82) is 0 Å². The third-order valence-corrected chi connectivity index (χ3v) is 4.74. The van der Waals surface area contributed by atoms with Gasteiger partial charge in [-0.25, -0.2) is 0 Å². The van der Waals surface area contributed by atoms with E-state index in [-0.39, 0.29) is 0 Å². The van der Waals surface area contributed by atoms with Crippen molar-refractivity contribution >= 4 is 0 Å². The molecule has 0 radical (unpaired) electrons. The highest BCUT2D eigenvalue weighted by molar-refractivity contribution is 4.92. The minimum Gasteiger partial charge on any atom is -0.0649 e. The van der Waals surface area contributed by atoms with Crippen LogP contribution in [0.15, 0.2) is 0 Å². The van der Waals surface area contributed by atoms with Crippen LogP contribution in [0.5, 0.6) is 0 Å². The Kier molecular flexibility index (Phi) is 4.02. The van der Waals surface area contributed by atoms with Crippen LogP contribution in [0.3, 0.4) is 0 Å². The molecule has 0 aliphatic carbocycles. The van der Waals surface area contributed by atoms with Crippen molar-refractivity contribution in [3.05, 3.63) is 0 Å². The Hall–Kier alpha value is 0. The quantitative estimate of drug-likeness (QED) is 0.592. The SMILES string of the molecule is CCC(C)(C)C(C)(C(C)C)C(C)C. The largest absolute Gasteiger partial charge is 0.0649 e. The van der Waals surface area contributed by atoms with E-state index in [4.69, 9.17) is 0 Å². The van der Waals surface area contributed by atoms with Gasteiger partial charge in [0.25, 0.3) is 0 Å². The number of hydrogen-bond donors (Lipinski definition) is 0. The van der Waals surface area contributed by atoms with Gasteiger partial charge in [0.2, 0.25) is 0 Å². The molecule has 13 heavy (non-hydrogen) atoms. The maximum absolute atomic E-state index is 2.45. The van der Waals surface area contributed by atoms with Crippen LogP contribution in [0, 0.1) is 22.7 Å². The summed E-state index contributed by atoms with van der Waals surface area (Å²) in [5.41, 5.74) is 0.886. The van der Waals surface area contributed by atoms with Crippen molar-refractivity contribution in [1.82, 2.24) is 0 Å². The zero-order chi connectivity index (χ0) is 10.9. The molecule has 0 bridgehead atoms. The van der Waals surface area contributed by atoms with Crippen molar-refractivity contribution in [2.75, 3.05) is 0 Å². The second-order valence-corrected chi connectivity index (χ2v) is 5.83. The van der Waals surface area contributed by atoms with Crippen LogP contribution in [0.2, 0.25) is 0 Å². The summed E-state index contributed by atoms with van der Waals surface area (Å²) < 4.78 is 0. The van der Waals surface area contributed by atoms with Gasteiger partial charge in [0.1, 0.15) is 0 Å². The molecule has 0 saturated heterocycles. The van der Waals surface area contributed by atoms with Gasteiger partial charge in [-0.2, -0.15) is 0 Å². The molecule has 80 valence electrons. The highest BCUT2D eigenvalue weighted by Gasteiger charge is 2.44. The van der Waals surface area contributed by atoms with Crippen LogP contribution in [0.25, 0.3) is 0 Å². The number of hydrogen-bond acceptors (Lipinski definition) is 0. The van der Waals surface area contributed by atoms with Gasteiger partial charge < -0.3 is 0 Å². The van der Waals surface area contributed by atoms with Crippen LogP contribution in [0.4, 0.5) is 0 Å². The van der Waals surface area contributed by atoms with E-state index in [9.17, 15) is 0 Å². The fraction of sp³-hybridized carbons (Fsp3) is 1.00. The Morgan fingerprint density at radius 2 is 1.15 bits per heavy atom. The lowest BCUT2D eigenvalue weighted by atomic mass is 9.55. The van der Waals surface area contributed by atoms with Gasteiger partial charge in [0, 0.05) is 0 Å². The van der Waals surface area contributed by atoms with Gasteiger partial charge in [0.15, 0.2) is 0 Å². The van der Waals surface area contributed by atoms with E-state index in [2.05, 4.69) is 55.4 Å². The summed E-state index contributed by atoms with van der Waals surface area (Å²) >= 11 is 0. The van der Waals surface area contributed by atoms with Gasteiger partial charge in [-0.1, -0.05) is 61.8 Å². The second kappa shape index (κ2) is 4.02. The third-order valence-electron chi connectivity index (χ3n) is 4.74. The average Bonchev–Trinajstić information content (AvgIpc) is 2.01. The molecule has 0 unspecified atom stereocenters. The molecule has 0 nitrogen and oxygen atoms in total. The molecule has 0 saturated carbocycles. The highest BCUT2D eigenvalue weighted by atomic mass is 14.5. The summed E-state index contributed by atoms with van der Waals surface area (Å²) in [6, 6.07) is 0. The predicted molar refractivity (Wildman–Crippen MR) is 61.9 cm³/mol. The molecule has 0 aliphatic heterocycles. The van der Waals surface area contributed by atoms with Crippen LogP contribution < -0.4 is 0 Å². The Bertz CT molecular complexity index is 143. The topological polar surface area (TPSA) is 0 Å². The predicted octanol–water partition coefficient (Wildman–Crippen LogP) is 4.74. The van der Waals surface area contributed by atoms with Crippen molar-refractivity contribution in [3.8, 4) is 0 Å². The van der Waals surface area contributed by atoms with Gasteiger partial charge >= 0.3 is 0 Å². The summed E-state index contributed by atoms with van der Waals surface area (Å²) in [6.45, 7) is 19.0. The lowest BCUT2D eigenvalue weighted by molar-refractivity contribution is -0.0148. The molecular formula is C13H28. The third kappa shape index (κ3) is 2.08. The molecule has 0 heteroatoms. The van der Waals surface area contributed by atoms with Gasteiger partial charge in [-0.05, 0) is 22.7 Å². The van der Waals surface area contributed by atoms with Crippen molar-refractivity contribution < 1.29 is 0 Å². The lowest BCUT2D eigenvalue weighted by Crippen LogP contribution is -2.43. The Morgan fingerprint density at radius 3 is 1.23 bits per heavy atom. The molecular weight excluding hydrogens is 156 g/mol. The minimum absolute atomic E-state index is 0.440.